The molecule has 1 rings (SSSR count). The third-order valence-corrected chi connectivity index (χ3v) is 5.24. The normalized spacial score (nSPS) is 21.2. The second kappa shape index (κ2) is 5.85. The van der Waals surface area contributed by atoms with Crippen molar-refractivity contribution in [3.05, 3.63) is 0 Å². The highest BCUT2D eigenvalue weighted by atomic mass is 28.4. The van der Waals surface area contributed by atoms with Crippen molar-refractivity contribution in [3.63, 3.8) is 0 Å². The molecule has 0 bridgehead atoms. The molecule has 1 unspecified atom stereocenters. The highest BCUT2D eigenvalue weighted by molar-refractivity contribution is 6.71. The first kappa shape index (κ1) is 12.2. The van der Waals surface area contributed by atoms with Gasteiger partial charge in [-0.1, -0.05) is 6.42 Å². The summed E-state index contributed by atoms with van der Waals surface area (Å²) in [5.74, 6) is 0. The molecule has 0 aliphatic carbocycles. The predicted octanol–water partition coefficient (Wildman–Crippen LogP) is 2.03. The van der Waals surface area contributed by atoms with E-state index in [1.165, 1.54) is 12.5 Å². The van der Waals surface area contributed by atoms with Crippen LogP contribution in [0.2, 0.25) is 19.1 Å². The summed E-state index contributed by atoms with van der Waals surface area (Å²) in [5, 5.41) is 0. The molecule has 0 radical (unpaired) electrons. The maximum absolute atomic E-state index is 5.47. The van der Waals surface area contributed by atoms with Crippen LogP contribution in [-0.4, -0.2) is 41.4 Å². The molecular weight excluding hydrogens is 196 g/mol. The second-order valence-electron chi connectivity index (χ2n) is 4.45. The van der Waals surface area contributed by atoms with Gasteiger partial charge >= 0.3 is 0 Å². The van der Waals surface area contributed by atoms with Gasteiger partial charge in [0.05, 0.1) is 13.2 Å². The summed E-state index contributed by atoms with van der Waals surface area (Å²) < 4.78 is 16.0. The molecule has 4 heteroatoms. The van der Waals surface area contributed by atoms with Crippen LogP contribution >= 0.6 is 0 Å². The molecule has 0 aromatic heterocycles. The van der Waals surface area contributed by atoms with Crippen molar-refractivity contribution in [1.82, 2.24) is 0 Å². The fourth-order valence-electron chi connectivity index (χ4n) is 1.24. The standard InChI is InChI=1S/C10H22O3Si/c1-11-14(2,3)7-5-4-6-12-8-10-9-13-10/h10H,4-9H2,1-3H3. The van der Waals surface area contributed by atoms with Crippen LogP contribution in [0.25, 0.3) is 0 Å². The van der Waals surface area contributed by atoms with Crippen LogP contribution < -0.4 is 0 Å². The van der Waals surface area contributed by atoms with Gasteiger partial charge in [0.15, 0.2) is 8.32 Å². The van der Waals surface area contributed by atoms with E-state index in [0.717, 1.165) is 26.2 Å². The molecule has 0 saturated carbocycles. The van der Waals surface area contributed by atoms with Gasteiger partial charge in [-0.15, -0.1) is 0 Å². The third-order valence-electron chi connectivity index (χ3n) is 2.58. The van der Waals surface area contributed by atoms with Crippen LogP contribution in [-0.2, 0) is 13.9 Å². The van der Waals surface area contributed by atoms with Crippen molar-refractivity contribution in [2.45, 2.75) is 38.1 Å². The minimum absolute atomic E-state index is 0.403. The topological polar surface area (TPSA) is 31.0 Å². The van der Waals surface area contributed by atoms with Crippen LogP contribution in [0.15, 0.2) is 0 Å². The van der Waals surface area contributed by atoms with Crippen molar-refractivity contribution in [1.29, 1.82) is 0 Å². The fraction of sp³-hybridized carbons (Fsp3) is 1.00. The smallest absolute Gasteiger partial charge is 0.186 e. The molecular formula is C10H22O3Si. The van der Waals surface area contributed by atoms with Gasteiger partial charge in [-0.25, -0.2) is 0 Å². The lowest BCUT2D eigenvalue weighted by molar-refractivity contribution is 0.114. The number of ether oxygens (including phenoxy) is 2. The number of rotatable bonds is 8. The molecule has 0 spiro atoms. The molecule has 1 atom stereocenters. The van der Waals surface area contributed by atoms with E-state index in [1.807, 2.05) is 7.11 Å². The zero-order valence-electron chi connectivity index (χ0n) is 9.54. The van der Waals surface area contributed by atoms with Crippen LogP contribution in [0, 0.1) is 0 Å². The largest absolute Gasteiger partial charge is 0.420 e. The Hall–Kier alpha value is 0.0969. The van der Waals surface area contributed by atoms with E-state index < -0.39 is 8.32 Å². The van der Waals surface area contributed by atoms with Crippen LogP contribution in [0.4, 0.5) is 0 Å². The quantitative estimate of drug-likeness (QED) is 0.355. The zero-order valence-corrected chi connectivity index (χ0v) is 10.5. The zero-order chi connectivity index (χ0) is 10.4. The summed E-state index contributed by atoms with van der Waals surface area (Å²) in [5.41, 5.74) is 0. The van der Waals surface area contributed by atoms with Gasteiger partial charge in [0.2, 0.25) is 0 Å². The Morgan fingerprint density at radius 1 is 1.36 bits per heavy atom. The molecule has 0 amide bonds. The molecule has 84 valence electrons. The number of unbranched alkanes of at least 4 members (excludes halogenated alkanes) is 1. The maximum Gasteiger partial charge on any atom is 0.186 e. The fourth-order valence-corrected chi connectivity index (χ4v) is 2.54. The Morgan fingerprint density at radius 2 is 2.07 bits per heavy atom. The molecule has 1 aliphatic rings. The average molecular weight is 218 g/mol. The summed E-state index contributed by atoms with van der Waals surface area (Å²) in [4.78, 5) is 0. The lowest BCUT2D eigenvalue weighted by atomic mass is 10.3. The van der Waals surface area contributed by atoms with Gasteiger partial charge in [-0.05, 0) is 25.6 Å². The molecule has 1 heterocycles. The van der Waals surface area contributed by atoms with Crippen molar-refractivity contribution >= 4 is 8.32 Å². The number of hydrogen-bond donors (Lipinski definition) is 0. The Bertz CT molecular complexity index is 157. The Labute approximate surface area is 87.9 Å². The molecule has 1 aliphatic heterocycles. The van der Waals surface area contributed by atoms with Crippen LogP contribution in [0.5, 0.6) is 0 Å². The van der Waals surface area contributed by atoms with E-state index in [-0.39, 0.29) is 0 Å². The number of epoxide rings is 1. The number of hydrogen-bond acceptors (Lipinski definition) is 3. The molecule has 1 fully saturated rings. The van der Waals surface area contributed by atoms with E-state index >= 15 is 0 Å². The van der Waals surface area contributed by atoms with Crippen molar-refractivity contribution < 1.29 is 13.9 Å². The van der Waals surface area contributed by atoms with E-state index in [0.29, 0.717) is 6.10 Å². The first-order valence-corrected chi connectivity index (χ1v) is 8.50. The third kappa shape index (κ3) is 5.75. The SMILES string of the molecule is CO[Si](C)(C)CCCCOCC1CO1. The van der Waals surface area contributed by atoms with Crippen molar-refractivity contribution in [2.75, 3.05) is 26.9 Å². The van der Waals surface area contributed by atoms with E-state index in [1.54, 1.807) is 0 Å². The van der Waals surface area contributed by atoms with Gasteiger partial charge in [0, 0.05) is 13.7 Å². The molecule has 0 aromatic carbocycles. The van der Waals surface area contributed by atoms with Gasteiger partial charge in [-0.3, -0.25) is 0 Å². The first-order chi connectivity index (χ1) is 6.64. The minimum Gasteiger partial charge on any atom is -0.420 e. The summed E-state index contributed by atoms with van der Waals surface area (Å²) in [6.07, 6.45) is 2.77. The highest BCUT2D eigenvalue weighted by Gasteiger charge is 2.22. The van der Waals surface area contributed by atoms with Crippen LogP contribution in [0.3, 0.4) is 0 Å². The van der Waals surface area contributed by atoms with E-state index in [4.69, 9.17) is 13.9 Å². The average Bonchev–Trinajstić information content (AvgIpc) is 2.95. The minimum atomic E-state index is -1.33. The van der Waals surface area contributed by atoms with E-state index in [9.17, 15) is 0 Å². The van der Waals surface area contributed by atoms with Crippen LogP contribution in [0.1, 0.15) is 12.8 Å². The van der Waals surface area contributed by atoms with Gasteiger partial charge in [-0.2, -0.15) is 0 Å². The molecule has 0 aromatic rings. The molecule has 3 nitrogen and oxygen atoms in total. The maximum atomic E-state index is 5.47. The van der Waals surface area contributed by atoms with E-state index in [2.05, 4.69) is 13.1 Å². The van der Waals surface area contributed by atoms with Crippen molar-refractivity contribution in [2.24, 2.45) is 0 Å². The predicted molar refractivity (Wildman–Crippen MR) is 59.1 cm³/mol. The highest BCUT2D eigenvalue weighted by Crippen LogP contribution is 2.14. The Kier molecular flexibility index (Phi) is 5.09. The Balaban J connectivity index is 1.83. The van der Waals surface area contributed by atoms with Crippen molar-refractivity contribution in [3.8, 4) is 0 Å². The first-order valence-electron chi connectivity index (χ1n) is 5.38. The lowest BCUT2D eigenvalue weighted by Gasteiger charge is -2.19. The molecule has 14 heavy (non-hydrogen) atoms. The molecule has 1 saturated heterocycles. The lowest BCUT2D eigenvalue weighted by Crippen LogP contribution is -2.28. The van der Waals surface area contributed by atoms with Gasteiger partial charge < -0.3 is 13.9 Å². The summed E-state index contributed by atoms with van der Waals surface area (Å²) in [6, 6.07) is 1.23. The van der Waals surface area contributed by atoms with Gasteiger partial charge in [0.25, 0.3) is 0 Å². The Morgan fingerprint density at radius 3 is 2.64 bits per heavy atom. The summed E-state index contributed by atoms with van der Waals surface area (Å²) in [7, 11) is 0.499. The second-order valence-corrected chi connectivity index (χ2v) is 8.88. The summed E-state index contributed by atoms with van der Waals surface area (Å²) in [6.45, 7) is 7.06. The monoisotopic (exact) mass is 218 g/mol. The summed E-state index contributed by atoms with van der Waals surface area (Å²) >= 11 is 0. The molecule has 0 N–H and O–H groups in total. The van der Waals surface area contributed by atoms with Gasteiger partial charge in [0.1, 0.15) is 6.10 Å².